The molecule has 0 aliphatic heterocycles. The molecule has 0 spiro atoms. The first-order chi connectivity index (χ1) is 11.2. The van der Waals surface area contributed by atoms with Crippen LogP contribution >= 0.6 is 11.3 Å². The molecule has 1 saturated carbocycles. The van der Waals surface area contributed by atoms with E-state index in [4.69, 9.17) is 0 Å². The number of urea groups is 1. The molecule has 2 aromatic rings. The van der Waals surface area contributed by atoms with Crippen molar-refractivity contribution in [2.24, 2.45) is 0 Å². The van der Waals surface area contributed by atoms with Gasteiger partial charge >= 0.3 is 6.03 Å². The lowest BCUT2D eigenvalue weighted by Crippen LogP contribution is -2.44. The van der Waals surface area contributed by atoms with E-state index in [-0.39, 0.29) is 6.03 Å². The van der Waals surface area contributed by atoms with Gasteiger partial charge in [-0.1, -0.05) is 30.3 Å². The molecule has 3 nitrogen and oxygen atoms in total. The van der Waals surface area contributed by atoms with E-state index in [2.05, 4.69) is 47.1 Å². The zero-order chi connectivity index (χ0) is 16.1. The number of nitrogens with one attached hydrogen (secondary N) is 1. The van der Waals surface area contributed by atoms with E-state index in [0.29, 0.717) is 18.5 Å². The van der Waals surface area contributed by atoms with Crippen molar-refractivity contribution in [2.75, 3.05) is 7.05 Å². The van der Waals surface area contributed by atoms with Crippen LogP contribution in [0, 0.1) is 0 Å². The standard InChI is InChI=1S/C19H24N2OS/c1-21(19(22)20-13-15-11-12-23-14-15)18-9-7-17(8-10-18)16-5-3-2-4-6-16/h2-6,11-12,14,17-18H,7-10,13H2,1H3,(H,20,22). The van der Waals surface area contributed by atoms with E-state index in [1.54, 1.807) is 11.3 Å². The highest BCUT2D eigenvalue weighted by atomic mass is 32.1. The SMILES string of the molecule is CN(C(=O)NCc1ccsc1)C1CCC(c2ccccc2)CC1. The Labute approximate surface area is 142 Å². The summed E-state index contributed by atoms with van der Waals surface area (Å²) in [5.41, 5.74) is 2.61. The molecular weight excluding hydrogens is 304 g/mol. The number of hydrogen-bond acceptors (Lipinski definition) is 2. The maximum atomic E-state index is 12.3. The zero-order valence-electron chi connectivity index (χ0n) is 13.6. The largest absolute Gasteiger partial charge is 0.334 e. The number of thiophene rings is 1. The van der Waals surface area contributed by atoms with Crippen LogP contribution in [0.15, 0.2) is 47.2 Å². The Hall–Kier alpha value is -1.81. The lowest BCUT2D eigenvalue weighted by atomic mass is 9.81. The van der Waals surface area contributed by atoms with Crippen LogP contribution in [0.25, 0.3) is 0 Å². The summed E-state index contributed by atoms with van der Waals surface area (Å²) in [6.07, 6.45) is 4.50. The van der Waals surface area contributed by atoms with Crippen LogP contribution < -0.4 is 5.32 Å². The second kappa shape index (κ2) is 7.64. The van der Waals surface area contributed by atoms with E-state index < -0.39 is 0 Å². The summed E-state index contributed by atoms with van der Waals surface area (Å²) >= 11 is 1.66. The van der Waals surface area contributed by atoms with E-state index in [0.717, 1.165) is 25.7 Å². The molecule has 1 aliphatic rings. The van der Waals surface area contributed by atoms with Crippen LogP contribution in [0.4, 0.5) is 4.79 Å². The molecule has 2 amide bonds. The lowest BCUT2D eigenvalue weighted by molar-refractivity contribution is 0.169. The number of rotatable bonds is 4. The smallest absolute Gasteiger partial charge is 0.317 e. The van der Waals surface area contributed by atoms with Gasteiger partial charge in [-0.25, -0.2) is 4.79 Å². The highest BCUT2D eigenvalue weighted by Crippen LogP contribution is 2.34. The molecule has 4 heteroatoms. The van der Waals surface area contributed by atoms with Crippen molar-refractivity contribution in [1.29, 1.82) is 0 Å². The summed E-state index contributed by atoms with van der Waals surface area (Å²) in [6.45, 7) is 0.617. The minimum Gasteiger partial charge on any atom is -0.334 e. The Kier molecular flexibility index (Phi) is 5.34. The van der Waals surface area contributed by atoms with Gasteiger partial charge in [0.2, 0.25) is 0 Å². The molecule has 0 atom stereocenters. The Morgan fingerprint density at radius 2 is 1.91 bits per heavy atom. The van der Waals surface area contributed by atoms with Gasteiger partial charge < -0.3 is 10.2 Å². The van der Waals surface area contributed by atoms with Crippen molar-refractivity contribution in [1.82, 2.24) is 10.2 Å². The summed E-state index contributed by atoms with van der Waals surface area (Å²) in [6, 6.07) is 13.2. The molecule has 0 bridgehead atoms. The van der Waals surface area contributed by atoms with E-state index >= 15 is 0 Å². The predicted octanol–water partition coefficient (Wildman–Crippen LogP) is 4.62. The van der Waals surface area contributed by atoms with E-state index in [1.807, 2.05) is 17.3 Å². The number of amides is 2. The fourth-order valence-electron chi connectivity index (χ4n) is 3.38. The molecule has 1 aromatic carbocycles. The zero-order valence-corrected chi connectivity index (χ0v) is 14.4. The molecule has 23 heavy (non-hydrogen) atoms. The second-order valence-corrected chi connectivity index (χ2v) is 7.10. The average Bonchev–Trinajstić information content (AvgIpc) is 3.13. The van der Waals surface area contributed by atoms with Crippen LogP contribution in [0.2, 0.25) is 0 Å². The molecule has 1 N–H and O–H groups in total. The third-order valence-corrected chi connectivity index (χ3v) is 5.59. The Morgan fingerprint density at radius 1 is 1.17 bits per heavy atom. The van der Waals surface area contributed by atoms with Gasteiger partial charge in [0.15, 0.2) is 0 Å². The normalized spacial score (nSPS) is 20.9. The highest BCUT2D eigenvalue weighted by Gasteiger charge is 2.27. The molecule has 122 valence electrons. The molecule has 0 saturated heterocycles. The Morgan fingerprint density at radius 3 is 2.57 bits per heavy atom. The maximum Gasteiger partial charge on any atom is 0.317 e. The monoisotopic (exact) mass is 328 g/mol. The van der Waals surface area contributed by atoms with Crippen LogP contribution in [0.5, 0.6) is 0 Å². The number of carbonyl (C=O) groups is 1. The maximum absolute atomic E-state index is 12.3. The molecule has 0 unspecified atom stereocenters. The predicted molar refractivity (Wildman–Crippen MR) is 95.8 cm³/mol. The van der Waals surface area contributed by atoms with Crippen LogP contribution in [0.3, 0.4) is 0 Å². The van der Waals surface area contributed by atoms with E-state index in [1.165, 1.54) is 11.1 Å². The first-order valence-corrected chi connectivity index (χ1v) is 9.25. The first-order valence-electron chi connectivity index (χ1n) is 8.30. The minimum atomic E-state index is 0.0411. The van der Waals surface area contributed by atoms with Gasteiger partial charge in [-0.2, -0.15) is 11.3 Å². The molecule has 0 radical (unpaired) electrons. The van der Waals surface area contributed by atoms with Gasteiger partial charge in [0.05, 0.1) is 0 Å². The molecule has 1 aromatic heterocycles. The average molecular weight is 328 g/mol. The minimum absolute atomic E-state index is 0.0411. The summed E-state index contributed by atoms with van der Waals surface area (Å²) < 4.78 is 0. The molecule has 1 fully saturated rings. The van der Waals surface area contributed by atoms with Gasteiger partial charge in [0, 0.05) is 19.6 Å². The summed E-state index contributed by atoms with van der Waals surface area (Å²) in [5, 5.41) is 7.13. The molecule has 1 aliphatic carbocycles. The van der Waals surface area contributed by atoms with Gasteiger partial charge in [-0.15, -0.1) is 0 Å². The van der Waals surface area contributed by atoms with Crippen LogP contribution in [-0.4, -0.2) is 24.0 Å². The molecule has 3 rings (SSSR count). The van der Waals surface area contributed by atoms with Gasteiger partial charge in [-0.3, -0.25) is 0 Å². The fourth-order valence-corrected chi connectivity index (χ4v) is 4.05. The third kappa shape index (κ3) is 4.14. The summed E-state index contributed by atoms with van der Waals surface area (Å²) in [5.74, 6) is 0.648. The summed E-state index contributed by atoms with van der Waals surface area (Å²) in [7, 11) is 1.93. The number of carbonyl (C=O) groups excluding carboxylic acids is 1. The topological polar surface area (TPSA) is 32.3 Å². The van der Waals surface area contributed by atoms with Gasteiger partial charge in [0.25, 0.3) is 0 Å². The van der Waals surface area contributed by atoms with Gasteiger partial charge in [-0.05, 0) is 59.6 Å². The summed E-state index contributed by atoms with van der Waals surface area (Å²) in [4.78, 5) is 14.2. The number of hydrogen-bond donors (Lipinski definition) is 1. The second-order valence-electron chi connectivity index (χ2n) is 6.32. The Bertz CT molecular complexity index is 604. The van der Waals surface area contributed by atoms with Crippen molar-refractivity contribution in [3.05, 3.63) is 58.3 Å². The quantitative estimate of drug-likeness (QED) is 0.873. The van der Waals surface area contributed by atoms with Crippen LogP contribution in [-0.2, 0) is 6.54 Å². The van der Waals surface area contributed by atoms with Crippen LogP contribution in [0.1, 0.15) is 42.7 Å². The van der Waals surface area contributed by atoms with Crippen molar-refractivity contribution >= 4 is 17.4 Å². The Balaban J connectivity index is 1.47. The molecule has 1 heterocycles. The fraction of sp³-hybridized carbons (Fsp3) is 0.421. The third-order valence-electron chi connectivity index (χ3n) is 4.86. The lowest BCUT2D eigenvalue weighted by Gasteiger charge is -2.34. The molecular formula is C19H24N2OS. The van der Waals surface area contributed by atoms with Gasteiger partial charge in [0.1, 0.15) is 0 Å². The highest BCUT2D eigenvalue weighted by molar-refractivity contribution is 7.07. The number of nitrogens with zero attached hydrogens (tertiary/aromatic N) is 1. The van der Waals surface area contributed by atoms with Crippen molar-refractivity contribution < 1.29 is 4.79 Å². The first kappa shape index (κ1) is 16.1. The number of benzene rings is 1. The van der Waals surface area contributed by atoms with Crippen molar-refractivity contribution in [3.8, 4) is 0 Å². The van der Waals surface area contributed by atoms with E-state index in [9.17, 15) is 4.79 Å². The van der Waals surface area contributed by atoms with Crippen molar-refractivity contribution in [2.45, 2.75) is 44.2 Å². The van der Waals surface area contributed by atoms with Crippen molar-refractivity contribution in [3.63, 3.8) is 0 Å².